The molecular formula is C31H31ClFN5O4. The van der Waals surface area contributed by atoms with Crippen LogP contribution in [0.2, 0.25) is 5.02 Å². The van der Waals surface area contributed by atoms with Crippen molar-refractivity contribution >= 4 is 28.6 Å². The molecule has 0 atom stereocenters. The Morgan fingerprint density at radius 3 is 2.79 bits per heavy atom. The van der Waals surface area contributed by atoms with E-state index in [1.54, 1.807) is 42.6 Å². The van der Waals surface area contributed by atoms with E-state index >= 15 is 0 Å². The Labute approximate surface area is 247 Å². The number of carboxylic acids is 1. The molecule has 218 valence electrons. The first-order valence-electron chi connectivity index (χ1n) is 13.7. The summed E-state index contributed by atoms with van der Waals surface area (Å²) in [5.74, 6) is 0.518. The lowest BCUT2D eigenvalue weighted by Crippen LogP contribution is -2.27. The van der Waals surface area contributed by atoms with Crippen LogP contribution in [0.3, 0.4) is 0 Å². The van der Waals surface area contributed by atoms with Gasteiger partial charge in [-0.2, -0.15) is 0 Å². The smallest absolute Gasteiger partial charge is 0.335 e. The third kappa shape index (κ3) is 7.32. The first-order chi connectivity index (χ1) is 20.4. The van der Waals surface area contributed by atoms with Crippen molar-refractivity contribution in [3.8, 4) is 5.88 Å². The van der Waals surface area contributed by atoms with Crippen molar-refractivity contribution < 1.29 is 23.4 Å². The number of nitrogens with zero attached hydrogens (tertiary/aromatic N) is 5. The monoisotopic (exact) mass is 591 g/mol. The number of aromatic nitrogens is 4. The van der Waals surface area contributed by atoms with Crippen LogP contribution in [-0.4, -0.2) is 48.6 Å². The van der Waals surface area contributed by atoms with Crippen LogP contribution < -0.4 is 4.74 Å². The Morgan fingerprint density at radius 1 is 1.14 bits per heavy atom. The van der Waals surface area contributed by atoms with E-state index in [9.17, 15) is 14.3 Å². The molecule has 3 heterocycles. The minimum absolute atomic E-state index is 0.0623. The van der Waals surface area contributed by atoms with E-state index in [1.165, 1.54) is 12.5 Å². The number of halogens is 2. The molecule has 0 aliphatic heterocycles. The van der Waals surface area contributed by atoms with Crippen LogP contribution in [0.25, 0.3) is 11.0 Å². The van der Waals surface area contributed by atoms with E-state index in [4.69, 9.17) is 25.7 Å². The summed E-state index contributed by atoms with van der Waals surface area (Å²) in [5, 5.41) is 9.87. The van der Waals surface area contributed by atoms with E-state index in [2.05, 4.69) is 21.8 Å². The zero-order valence-corrected chi connectivity index (χ0v) is 23.9. The number of imidazole rings is 1. The van der Waals surface area contributed by atoms with Gasteiger partial charge in [-0.25, -0.2) is 24.1 Å². The molecule has 2 aromatic carbocycles. The summed E-state index contributed by atoms with van der Waals surface area (Å²) < 4.78 is 27.3. The lowest BCUT2D eigenvalue weighted by Gasteiger charge is -2.22. The van der Waals surface area contributed by atoms with Crippen LogP contribution in [0.15, 0.2) is 71.6 Å². The Morgan fingerprint density at radius 2 is 2.02 bits per heavy atom. The summed E-state index contributed by atoms with van der Waals surface area (Å²) in [6.45, 7) is 4.85. The lowest BCUT2D eigenvalue weighted by molar-refractivity contribution is 0.0697. The van der Waals surface area contributed by atoms with Crippen molar-refractivity contribution in [2.45, 2.75) is 45.9 Å². The Balaban J connectivity index is 1.25. The average Bonchev–Trinajstić information content (AvgIpc) is 3.61. The summed E-state index contributed by atoms with van der Waals surface area (Å²) >= 11 is 5.83. The number of hydrogen-bond acceptors (Lipinski definition) is 7. The maximum Gasteiger partial charge on any atom is 0.335 e. The second kappa shape index (κ2) is 13.6. The van der Waals surface area contributed by atoms with Gasteiger partial charge < -0.3 is 18.8 Å². The van der Waals surface area contributed by atoms with Gasteiger partial charge in [-0.3, -0.25) is 4.90 Å². The van der Waals surface area contributed by atoms with E-state index in [0.29, 0.717) is 35.3 Å². The molecule has 0 radical (unpaired) electrons. The van der Waals surface area contributed by atoms with Crippen LogP contribution in [0.4, 0.5) is 4.39 Å². The molecule has 3 aromatic heterocycles. The van der Waals surface area contributed by atoms with Crippen molar-refractivity contribution in [3.05, 3.63) is 106 Å². The summed E-state index contributed by atoms with van der Waals surface area (Å²) in [6, 6.07) is 15.1. The summed E-state index contributed by atoms with van der Waals surface area (Å²) in [5.41, 5.74) is 2.97. The highest BCUT2D eigenvalue weighted by atomic mass is 35.5. The Hall–Kier alpha value is -4.28. The number of rotatable bonds is 14. The van der Waals surface area contributed by atoms with Crippen LogP contribution >= 0.6 is 11.6 Å². The fourth-order valence-corrected chi connectivity index (χ4v) is 4.98. The fraction of sp³-hybridized carbons (Fsp3) is 0.290. The van der Waals surface area contributed by atoms with Gasteiger partial charge >= 0.3 is 5.97 Å². The lowest BCUT2D eigenvalue weighted by atomic mass is 10.2. The quantitative estimate of drug-likeness (QED) is 0.158. The molecular weight excluding hydrogens is 561 g/mol. The molecule has 42 heavy (non-hydrogen) atoms. The minimum Gasteiger partial charge on any atom is -0.478 e. The van der Waals surface area contributed by atoms with Gasteiger partial charge in [-0.1, -0.05) is 30.7 Å². The molecule has 0 aliphatic rings. The first kappa shape index (κ1) is 29.2. The topological polar surface area (TPSA) is 107 Å². The molecule has 5 rings (SSSR count). The molecule has 11 heteroatoms. The summed E-state index contributed by atoms with van der Waals surface area (Å²) in [7, 11) is 0. The number of carboxylic acid groups (broad SMARTS) is 1. The number of pyridine rings is 1. The van der Waals surface area contributed by atoms with Gasteiger partial charge in [-0.05, 0) is 68.8 Å². The number of oxazole rings is 1. The third-order valence-corrected chi connectivity index (χ3v) is 7.09. The predicted molar refractivity (Wildman–Crippen MR) is 156 cm³/mol. The Kier molecular flexibility index (Phi) is 9.45. The van der Waals surface area contributed by atoms with E-state index in [1.807, 2.05) is 16.7 Å². The molecule has 0 saturated carbocycles. The van der Waals surface area contributed by atoms with Crippen LogP contribution in [0.5, 0.6) is 5.88 Å². The molecule has 9 nitrogen and oxygen atoms in total. The minimum atomic E-state index is -0.987. The van der Waals surface area contributed by atoms with Crippen molar-refractivity contribution in [1.29, 1.82) is 0 Å². The molecule has 0 aliphatic carbocycles. The van der Waals surface area contributed by atoms with E-state index in [-0.39, 0.29) is 12.2 Å². The number of hydrogen-bond donors (Lipinski definition) is 1. The van der Waals surface area contributed by atoms with Crippen molar-refractivity contribution in [2.75, 3.05) is 13.1 Å². The average molecular weight is 592 g/mol. The number of aromatic carboxylic acids is 1. The van der Waals surface area contributed by atoms with Crippen LogP contribution in [0, 0.1) is 5.82 Å². The normalized spacial score (nSPS) is 11.4. The number of benzene rings is 2. The maximum atomic E-state index is 14.1. The second-order valence-corrected chi connectivity index (χ2v) is 10.4. The molecule has 1 N–H and O–H groups in total. The predicted octanol–water partition coefficient (Wildman–Crippen LogP) is 6.38. The maximum absolute atomic E-state index is 14.1. The largest absolute Gasteiger partial charge is 0.478 e. The highest BCUT2D eigenvalue weighted by Gasteiger charge is 2.17. The van der Waals surface area contributed by atoms with Gasteiger partial charge in [-0.15, -0.1) is 0 Å². The van der Waals surface area contributed by atoms with Gasteiger partial charge in [0.2, 0.25) is 5.88 Å². The van der Waals surface area contributed by atoms with E-state index in [0.717, 1.165) is 54.9 Å². The molecule has 0 unspecified atom stereocenters. The zero-order chi connectivity index (χ0) is 29.5. The van der Waals surface area contributed by atoms with Crippen molar-refractivity contribution in [3.63, 3.8) is 0 Å². The third-order valence-electron chi connectivity index (χ3n) is 6.86. The summed E-state index contributed by atoms with van der Waals surface area (Å²) in [6.07, 6.45) is 5.59. The van der Waals surface area contributed by atoms with Crippen molar-refractivity contribution in [1.82, 2.24) is 24.4 Å². The second-order valence-electron chi connectivity index (χ2n) is 9.96. The van der Waals surface area contributed by atoms with E-state index < -0.39 is 11.8 Å². The van der Waals surface area contributed by atoms with Gasteiger partial charge in [0.15, 0.2) is 6.39 Å². The fourth-order valence-electron chi connectivity index (χ4n) is 4.82. The van der Waals surface area contributed by atoms with Gasteiger partial charge in [0.05, 0.1) is 35.9 Å². The highest BCUT2D eigenvalue weighted by Crippen LogP contribution is 2.22. The van der Waals surface area contributed by atoms with Crippen molar-refractivity contribution in [2.24, 2.45) is 0 Å². The number of ether oxygens (including phenoxy) is 1. The SMILES string of the molecule is CCCN(CCCc1cccc(OCc2ccc(Cl)cc2F)n1)Cc1nc2ccc(C(=O)O)cc2n1Cc1cnco1. The number of fused-ring (bicyclic) bond motifs is 1. The Bertz CT molecular complexity index is 1660. The van der Waals surface area contributed by atoms with Gasteiger partial charge in [0, 0.05) is 22.3 Å². The molecule has 0 amide bonds. The van der Waals surface area contributed by atoms with Gasteiger partial charge in [0.25, 0.3) is 0 Å². The zero-order valence-electron chi connectivity index (χ0n) is 23.2. The molecule has 0 spiro atoms. The highest BCUT2D eigenvalue weighted by molar-refractivity contribution is 6.30. The number of aryl methyl sites for hydroxylation is 1. The first-order valence-corrected chi connectivity index (χ1v) is 14.1. The number of carbonyl (C=O) groups is 1. The molecule has 0 saturated heterocycles. The van der Waals surface area contributed by atoms with Gasteiger partial charge in [0.1, 0.15) is 24.0 Å². The standard InChI is InChI=1S/C31H31ClFN5O4/c1-2-12-37(13-4-6-24-5-3-7-30(35-24)41-19-22-8-10-23(32)15-26(22)33)18-29-36-27-11-9-21(31(39)40)14-28(27)38(29)17-25-16-34-20-42-25/h3,5,7-11,14-16,20H,2,4,6,12-13,17-19H2,1H3,(H,39,40). The van der Waals surface area contributed by atoms with Crippen LogP contribution in [0.1, 0.15) is 53.0 Å². The molecule has 0 bridgehead atoms. The summed E-state index contributed by atoms with van der Waals surface area (Å²) in [4.78, 5) is 27.4. The van der Waals surface area contributed by atoms with Crippen LogP contribution in [-0.2, 0) is 26.1 Å². The molecule has 5 aromatic rings. The molecule has 0 fully saturated rings.